The van der Waals surface area contributed by atoms with Crippen LogP contribution in [0, 0.1) is 16.7 Å². The average Bonchev–Trinajstić information content (AvgIpc) is 2.96. The van der Waals surface area contributed by atoms with Crippen LogP contribution < -0.4 is 0 Å². The highest BCUT2D eigenvalue weighted by Gasteiger charge is 2.33. The number of hydrogen-bond acceptors (Lipinski definition) is 3. The molecule has 0 unspecified atom stereocenters. The molecule has 0 bridgehead atoms. The number of benzene rings is 1. The Hall–Kier alpha value is -2.15. The van der Waals surface area contributed by atoms with E-state index in [4.69, 9.17) is 5.26 Å². The van der Waals surface area contributed by atoms with Gasteiger partial charge in [0.05, 0.1) is 11.5 Å². The minimum Gasteiger partial charge on any atom is -0.339 e. The van der Waals surface area contributed by atoms with Gasteiger partial charge in [-0.1, -0.05) is 30.3 Å². The van der Waals surface area contributed by atoms with E-state index in [1.807, 2.05) is 30.3 Å². The first-order valence-electron chi connectivity index (χ1n) is 7.72. The van der Waals surface area contributed by atoms with Gasteiger partial charge in [-0.15, -0.1) is 0 Å². The monoisotopic (exact) mass is 298 g/mol. The largest absolute Gasteiger partial charge is 0.339 e. The third-order valence-corrected chi connectivity index (χ3v) is 4.11. The molecule has 1 saturated heterocycles. The fourth-order valence-corrected chi connectivity index (χ4v) is 2.85. The molecule has 1 aromatic carbocycles. The second-order valence-corrected chi connectivity index (χ2v) is 6.55. The second-order valence-electron chi connectivity index (χ2n) is 6.55. The van der Waals surface area contributed by atoms with Crippen LogP contribution in [0.1, 0.15) is 49.9 Å². The lowest BCUT2D eigenvalue weighted by Crippen LogP contribution is -2.38. The summed E-state index contributed by atoms with van der Waals surface area (Å²) in [5.74, 6) is 0.0553. The molecule has 116 valence electrons. The van der Waals surface area contributed by atoms with E-state index in [1.165, 1.54) is 0 Å². The molecule has 1 aromatic rings. The number of hydrogen-bond donors (Lipinski definition) is 0. The number of nitrogens with zero attached hydrogens (tertiary/aromatic N) is 2. The molecule has 4 nitrogen and oxygen atoms in total. The van der Waals surface area contributed by atoms with Crippen LogP contribution in [0.2, 0.25) is 0 Å². The third-order valence-electron chi connectivity index (χ3n) is 4.11. The van der Waals surface area contributed by atoms with Crippen molar-refractivity contribution >= 4 is 11.7 Å². The summed E-state index contributed by atoms with van der Waals surface area (Å²) in [6, 6.07) is 11.3. The van der Waals surface area contributed by atoms with Crippen LogP contribution >= 0.6 is 0 Å². The van der Waals surface area contributed by atoms with Crippen molar-refractivity contribution in [2.75, 3.05) is 6.54 Å². The Bertz CT molecular complexity index is 587. The van der Waals surface area contributed by atoms with E-state index in [1.54, 1.807) is 18.7 Å². The fraction of sp³-hybridized carbons (Fsp3) is 0.500. The van der Waals surface area contributed by atoms with Crippen LogP contribution in [0.3, 0.4) is 0 Å². The van der Waals surface area contributed by atoms with Gasteiger partial charge in [-0.3, -0.25) is 9.59 Å². The summed E-state index contributed by atoms with van der Waals surface area (Å²) >= 11 is 0. The van der Waals surface area contributed by atoms with Crippen molar-refractivity contribution in [2.45, 2.75) is 45.6 Å². The summed E-state index contributed by atoms with van der Waals surface area (Å²) in [5.41, 5.74) is 0.0346. The zero-order chi connectivity index (χ0) is 16.2. The van der Waals surface area contributed by atoms with Gasteiger partial charge in [-0.2, -0.15) is 5.26 Å². The Labute approximate surface area is 131 Å². The van der Waals surface area contributed by atoms with Crippen molar-refractivity contribution < 1.29 is 9.59 Å². The molecule has 0 radical (unpaired) electrons. The molecule has 0 spiro atoms. The molecule has 1 aliphatic rings. The predicted octanol–water partition coefficient (Wildman–Crippen LogP) is 3.19. The van der Waals surface area contributed by atoms with Crippen LogP contribution in [0.4, 0.5) is 0 Å². The maximum Gasteiger partial charge on any atom is 0.224 e. The van der Waals surface area contributed by atoms with Crippen molar-refractivity contribution in [3.63, 3.8) is 0 Å². The molecular formula is C18H22N2O2. The number of nitriles is 1. The van der Waals surface area contributed by atoms with Crippen LogP contribution in [0.25, 0.3) is 0 Å². The number of carbonyl (C=O) groups excluding carboxylic acids is 2. The van der Waals surface area contributed by atoms with Gasteiger partial charge in [0.25, 0.3) is 0 Å². The zero-order valence-electron chi connectivity index (χ0n) is 13.2. The molecule has 0 aliphatic carbocycles. The molecule has 1 amide bonds. The van der Waals surface area contributed by atoms with Crippen LogP contribution in [-0.2, 0) is 4.79 Å². The summed E-state index contributed by atoms with van der Waals surface area (Å²) in [6.45, 7) is 4.23. The van der Waals surface area contributed by atoms with Crippen LogP contribution in [0.5, 0.6) is 0 Å². The summed E-state index contributed by atoms with van der Waals surface area (Å²) in [7, 11) is 0. The van der Waals surface area contributed by atoms with Crippen molar-refractivity contribution in [1.82, 2.24) is 4.90 Å². The van der Waals surface area contributed by atoms with Gasteiger partial charge in [0.1, 0.15) is 0 Å². The Morgan fingerprint density at radius 3 is 2.64 bits per heavy atom. The van der Waals surface area contributed by atoms with E-state index < -0.39 is 5.41 Å². The third kappa shape index (κ3) is 3.94. The highest BCUT2D eigenvalue weighted by Crippen LogP contribution is 2.26. The molecule has 1 fully saturated rings. The highest BCUT2D eigenvalue weighted by molar-refractivity contribution is 5.96. The van der Waals surface area contributed by atoms with Gasteiger partial charge in [0.2, 0.25) is 5.91 Å². The standard InChI is InChI=1S/C18H22N2O2/c1-18(2,13-19)12-17(22)20-10-6-9-15(20)11-16(21)14-7-4-3-5-8-14/h3-5,7-8,15H,6,9-12H2,1-2H3/t15-/m1/s1. The Morgan fingerprint density at radius 2 is 2.00 bits per heavy atom. The van der Waals surface area contributed by atoms with E-state index in [0.29, 0.717) is 18.5 Å². The molecule has 0 N–H and O–H groups in total. The molecule has 2 rings (SSSR count). The molecule has 1 heterocycles. The van der Waals surface area contributed by atoms with Crippen molar-refractivity contribution in [3.05, 3.63) is 35.9 Å². The minimum absolute atomic E-state index is 0.0186. The lowest BCUT2D eigenvalue weighted by molar-refractivity contribution is -0.133. The normalized spacial score (nSPS) is 18.0. The lowest BCUT2D eigenvalue weighted by atomic mass is 9.90. The molecule has 0 aromatic heterocycles. The Kier molecular flexibility index (Phi) is 4.97. The SMILES string of the molecule is CC(C)(C#N)CC(=O)N1CCC[C@@H]1CC(=O)c1ccccc1. The molecule has 0 saturated carbocycles. The van der Waals surface area contributed by atoms with Gasteiger partial charge < -0.3 is 4.90 Å². The lowest BCUT2D eigenvalue weighted by Gasteiger charge is -2.27. The van der Waals surface area contributed by atoms with Crippen LogP contribution in [-0.4, -0.2) is 29.2 Å². The van der Waals surface area contributed by atoms with Gasteiger partial charge in [-0.05, 0) is 26.7 Å². The number of ketones is 1. The molecule has 1 aliphatic heterocycles. The smallest absolute Gasteiger partial charge is 0.224 e. The number of amides is 1. The minimum atomic E-state index is -0.659. The van der Waals surface area contributed by atoms with Crippen molar-refractivity contribution in [3.8, 4) is 6.07 Å². The quantitative estimate of drug-likeness (QED) is 0.784. The highest BCUT2D eigenvalue weighted by atomic mass is 16.2. The second kappa shape index (κ2) is 6.74. The summed E-state index contributed by atoms with van der Waals surface area (Å²) in [6.07, 6.45) is 2.35. The molecule has 4 heteroatoms. The fourth-order valence-electron chi connectivity index (χ4n) is 2.85. The predicted molar refractivity (Wildman–Crippen MR) is 84.1 cm³/mol. The van der Waals surface area contributed by atoms with E-state index in [0.717, 1.165) is 12.8 Å². The molecule has 1 atom stereocenters. The van der Waals surface area contributed by atoms with Gasteiger partial charge >= 0.3 is 0 Å². The number of Topliss-reactive ketones (excluding diaryl/α,β-unsaturated/α-hetero) is 1. The first-order valence-corrected chi connectivity index (χ1v) is 7.72. The van der Waals surface area contributed by atoms with E-state index >= 15 is 0 Å². The van der Waals surface area contributed by atoms with E-state index in [2.05, 4.69) is 6.07 Å². The van der Waals surface area contributed by atoms with Gasteiger partial charge in [-0.25, -0.2) is 0 Å². The summed E-state index contributed by atoms with van der Waals surface area (Å²) in [5, 5.41) is 9.07. The van der Waals surface area contributed by atoms with E-state index in [9.17, 15) is 9.59 Å². The molecular weight excluding hydrogens is 276 g/mol. The number of likely N-dealkylation sites (tertiary alicyclic amines) is 1. The van der Waals surface area contributed by atoms with Crippen LogP contribution in [0.15, 0.2) is 30.3 Å². The van der Waals surface area contributed by atoms with E-state index in [-0.39, 0.29) is 24.2 Å². The Balaban J connectivity index is 2.01. The topological polar surface area (TPSA) is 61.2 Å². The summed E-state index contributed by atoms with van der Waals surface area (Å²) < 4.78 is 0. The Morgan fingerprint density at radius 1 is 1.32 bits per heavy atom. The first kappa shape index (κ1) is 16.2. The van der Waals surface area contributed by atoms with Gasteiger partial charge in [0, 0.05) is 31.0 Å². The zero-order valence-corrected chi connectivity index (χ0v) is 13.2. The average molecular weight is 298 g/mol. The van der Waals surface area contributed by atoms with Crippen molar-refractivity contribution in [1.29, 1.82) is 5.26 Å². The first-order chi connectivity index (χ1) is 10.4. The number of carbonyl (C=O) groups is 2. The van der Waals surface area contributed by atoms with Gasteiger partial charge in [0.15, 0.2) is 5.78 Å². The number of rotatable bonds is 5. The summed E-state index contributed by atoms with van der Waals surface area (Å²) in [4.78, 5) is 26.5. The maximum absolute atomic E-state index is 12.4. The van der Waals surface area contributed by atoms with Crippen molar-refractivity contribution in [2.24, 2.45) is 5.41 Å². The maximum atomic E-state index is 12.4. The molecule has 22 heavy (non-hydrogen) atoms.